The van der Waals surface area contributed by atoms with Gasteiger partial charge in [0.1, 0.15) is 13.2 Å². The number of rotatable bonds is 5. The molecule has 34 heavy (non-hydrogen) atoms. The Hall–Kier alpha value is -3.52. The zero-order valence-corrected chi connectivity index (χ0v) is 19.6. The van der Waals surface area contributed by atoms with E-state index in [0.717, 1.165) is 48.6 Å². The molecular formula is C26H29N5O3. The number of nitrogens with zero attached hydrogens (tertiary/aromatic N) is 5. The van der Waals surface area contributed by atoms with E-state index in [9.17, 15) is 4.79 Å². The van der Waals surface area contributed by atoms with Crippen molar-refractivity contribution in [3.63, 3.8) is 0 Å². The minimum absolute atomic E-state index is 0.0926. The highest BCUT2D eigenvalue weighted by Gasteiger charge is 2.39. The van der Waals surface area contributed by atoms with E-state index in [1.54, 1.807) is 4.90 Å². The number of benzene rings is 2. The standard InChI is InChI=1S/C26H29N5O3/c1-30-14-12-20(13-15-30)24-27-25(34-29-24)23-16-22(28-33-2)17-31(23)26(32)21-10-8-19(9-11-21)18-6-4-3-5-7-18/h3-11,20,23H,12-17H2,1-2H3/b28-22+. The van der Waals surface area contributed by atoms with E-state index in [0.29, 0.717) is 24.4 Å². The SMILES string of the molecule is CO/N=C1\CC(c2nc(C3CCN(C)CC3)no2)N(C(=O)c2ccc(-c3ccccc3)cc2)C1. The lowest BCUT2D eigenvalue weighted by atomic mass is 9.96. The Morgan fingerprint density at radius 2 is 1.76 bits per heavy atom. The largest absolute Gasteiger partial charge is 0.399 e. The van der Waals surface area contributed by atoms with Gasteiger partial charge >= 0.3 is 0 Å². The summed E-state index contributed by atoms with van der Waals surface area (Å²) in [5, 5.41) is 8.39. The first-order chi connectivity index (χ1) is 16.6. The second kappa shape index (κ2) is 9.77. The second-order valence-electron chi connectivity index (χ2n) is 9.00. The van der Waals surface area contributed by atoms with E-state index in [4.69, 9.17) is 14.3 Å². The average molecular weight is 460 g/mol. The molecule has 2 aromatic carbocycles. The summed E-state index contributed by atoms with van der Waals surface area (Å²) in [4.78, 5) is 27.3. The summed E-state index contributed by atoms with van der Waals surface area (Å²) in [5.41, 5.74) is 3.57. The lowest BCUT2D eigenvalue weighted by Gasteiger charge is -2.26. The average Bonchev–Trinajstić information content (AvgIpc) is 3.53. The maximum Gasteiger partial charge on any atom is 0.254 e. The van der Waals surface area contributed by atoms with Gasteiger partial charge in [0.05, 0.1) is 12.3 Å². The van der Waals surface area contributed by atoms with Crippen molar-refractivity contribution in [2.45, 2.75) is 31.2 Å². The molecule has 2 aliphatic rings. The molecule has 8 nitrogen and oxygen atoms in total. The minimum Gasteiger partial charge on any atom is -0.399 e. The normalized spacial score (nSPS) is 20.7. The predicted molar refractivity (Wildman–Crippen MR) is 128 cm³/mol. The van der Waals surface area contributed by atoms with Crippen molar-refractivity contribution in [1.82, 2.24) is 19.9 Å². The van der Waals surface area contributed by atoms with Crippen LogP contribution >= 0.6 is 0 Å². The molecule has 3 aromatic rings. The van der Waals surface area contributed by atoms with Gasteiger partial charge in [-0.05, 0) is 56.2 Å². The Morgan fingerprint density at radius 3 is 2.47 bits per heavy atom. The number of piperidine rings is 1. The van der Waals surface area contributed by atoms with Crippen molar-refractivity contribution in [2.75, 3.05) is 33.8 Å². The Morgan fingerprint density at radius 1 is 1.06 bits per heavy atom. The monoisotopic (exact) mass is 459 g/mol. The first kappa shape index (κ1) is 22.3. The molecule has 3 heterocycles. The van der Waals surface area contributed by atoms with Gasteiger partial charge in [0.2, 0.25) is 5.89 Å². The van der Waals surface area contributed by atoms with Gasteiger partial charge < -0.3 is 19.2 Å². The van der Waals surface area contributed by atoms with Gasteiger partial charge in [-0.3, -0.25) is 4.79 Å². The predicted octanol–water partition coefficient (Wildman–Crippen LogP) is 4.14. The molecule has 1 atom stereocenters. The fourth-order valence-corrected chi connectivity index (χ4v) is 4.75. The molecule has 1 unspecified atom stereocenters. The number of likely N-dealkylation sites (tertiary alicyclic amines) is 2. The fraction of sp³-hybridized carbons (Fsp3) is 0.385. The molecule has 176 valence electrons. The third kappa shape index (κ3) is 4.59. The first-order valence-electron chi connectivity index (χ1n) is 11.7. The van der Waals surface area contributed by atoms with Crippen molar-refractivity contribution < 1.29 is 14.2 Å². The molecule has 0 bridgehead atoms. The zero-order valence-electron chi connectivity index (χ0n) is 19.6. The summed E-state index contributed by atoms with van der Waals surface area (Å²) < 4.78 is 5.68. The minimum atomic E-state index is -0.359. The van der Waals surface area contributed by atoms with Gasteiger partial charge in [0.15, 0.2) is 5.82 Å². The number of carbonyl (C=O) groups excluding carboxylic acids is 1. The molecule has 0 N–H and O–H groups in total. The molecule has 8 heteroatoms. The molecule has 0 spiro atoms. The number of oxime groups is 1. The smallest absolute Gasteiger partial charge is 0.254 e. The van der Waals surface area contributed by atoms with Crippen LogP contribution in [0.15, 0.2) is 64.3 Å². The van der Waals surface area contributed by atoms with Crippen molar-refractivity contribution in [3.05, 3.63) is 71.9 Å². The number of hydrogen-bond acceptors (Lipinski definition) is 7. The van der Waals surface area contributed by atoms with Gasteiger partial charge in [0, 0.05) is 17.9 Å². The van der Waals surface area contributed by atoms with Crippen LogP contribution in [0.5, 0.6) is 0 Å². The lowest BCUT2D eigenvalue weighted by molar-refractivity contribution is 0.0713. The lowest BCUT2D eigenvalue weighted by Crippen LogP contribution is -2.31. The maximum absolute atomic E-state index is 13.5. The summed E-state index contributed by atoms with van der Waals surface area (Å²) in [6, 6.07) is 17.4. The molecule has 2 aliphatic heterocycles. The summed E-state index contributed by atoms with van der Waals surface area (Å²) in [7, 11) is 3.64. The number of hydrogen-bond donors (Lipinski definition) is 0. The zero-order chi connectivity index (χ0) is 23.5. The van der Waals surface area contributed by atoms with Crippen LogP contribution < -0.4 is 0 Å². The Bertz CT molecular complexity index is 1150. The van der Waals surface area contributed by atoms with Gasteiger partial charge in [-0.25, -0.2) is 0 Å². The van der Waals surface area contributed by atoms with Crippen LogP contribution in [-0.2, 0) is 4.84 Å². The van der Waals surface area contributed by atoms with Crippen LogP contribution in [0.1, 0.15) is 53.3 Å². The van der Waals surface area contributed by atoms with Crippen molar-refractivity contribution in [2.24, 2.45) is 5.16 Å². The third-order valence-electron chi connectivity index (χ3n) is 6.70. The Labute approximate surface area is 199 Å². The molecule has 2 saturated heterocycles. The molecule has 2 fully saturated rings. The second-order valence-corrected chi connectivity index (χ2v) is 9.00. The molecule has 1 amide bonds. The van der Waals surface area contributed by atoms with Crippen molar-refractivity contribution in [3.8, 4) is 11.1 Å². The molecule has 0 radical (unpaired) electrons. The molecule has 0 aliphatic carbocycles. The summed E-state index contributed by atoms with van der Waals surface area (Å²) in [6.07, 6.45) is 2.52. The van der Waals surface area contributed by atoms with Crippen LogP contribution in [0.25, 0.3) is 11.1 Å². The highest BCUT2D eigenvalue weighted by atomic mass is 16.6. The highest BCUT2D eigenvalue weighted by Crippen LogP contribution is 2.33. The molecular weight excluding hydrogens is 430 g/mol. The van der Waals surface area contributed by atoms with Crippen LogP contribution in [0.3, 0.4) is 0 Å². The van der Waals surface area contributed by atoms with Crippen molar-refractivity contribution in [1.29, 1.82) is 0 Å². The third-order valence-corrected chi connectivity index (χ3v) is 6.70. The van der Waals surface area contributed by atoms with Gasteiger partial charge in [-0.15, -0.1) is 0 Å². The van der Waals surface area contributed by atoms with Gasteiger partial charge in [-0.1, -0.05) is 52.8 Å². The summed E-state index contributed by atoms with van der Waals surface area (Å²) in [6.45, 7) is 2.40. The van der Waals surface area contributed by atoms with Crippen LogP contribution in [0.4, 0.5) is 0 Å². The molecule has 5 rings (SSSR count). The van der Waals surface area contributed by atoms with Crippen LogP contribution in [0.2, 0.25) is 0 Å². The number of carbonyl (C=O) groups is 1. The van der Waals surface area contributed by atoms with E-state index >= 15 is 0 Å². The van der Waals surface area contributed by atoms with Crippen molar-refractivity contribution >= 4 is 11.6 Å². The maximum atomic E-state index is 13.5. The van der Waals surface area contributed by atoms with E-state index in [1.165, 1.54) is 7.11 Å². The van der Waals surface area contributed by atoms with E-state index in [-0.39, 0.29) is 17.9 Å². The fourth-order valence-electron chi connectivity index (χ4n) is 4.75. The van der Waals surface area contributed by atoms with E-state index in [2.05, 4.69) is 34.4 Å². The highest BCUT2D eigenvalue weighted by molar-refractivity contribution is 6.00. The van der Waals surface area contributed by atoms with Gasteiger partial charge in [0.25, 0.3) is 5.91 Å². The van der Waals surface area contributed by atoms with Gasteiger partial charge in [-0.2, -0.15) is 4.98 Å². The number of amides is 1. The number of aromatic nitrogens is 2. The Balaban J connectivity index is 1.37. The summed E-state index contributed by atoms with van der Waals surface area (Å²) >= 11 is 0. The Kier molecular flexibility index (Phi) is 6.40. The quantitative estimate of drug-likeness (QED) is 0.534. The first-order valence-corrected chi connectivity index (χ1v) is 11.7. The molecule has 0 saturated carbocycles. The van der Waals surface area contributed by atoms with Crippen LogP contribution in [-0.4, -0.2) is 65.4 Å². The summed E-state index contributed by atoms with van der Waals surface area (Å²) in [5.74, 6) is 1.39. The van der Waals surface area contributed by atoms with Crippen LogP contribution in [0, 0.1) is 0 Å². The molecule has 1 aromatic heterocycles. The topological polar surface area (TPSA) is 84.1 Å². The van der Waals surface area contributed by atoms with E-state index in [1.807, 2.05) is 42.5 Å². The van der Waals surface area contributed by atoms with E-state index < -0.39 is 0 Å².